The lowest BCUT2D eigenvalue weighted by Gasteiger charge is -2.38. The molecule has 0 amide bonds. The van der Waals surface area contributed by atoms with E-state index in [2.05, 4.69) is 49.1 Å². The van der Waals surface area contributed by atoms with Gasteiger partial charge in [-0.15, -0.1) is 0 Å². The van der Waals surface area contributed by atoms with Crippen molar-refractivity contribution in [3.63, 3.8) is 0 Å². The van der Waals surface area contributed by atoms with Gasteiger partial charge in [-0.2, -0.15) is 5.26 Å². The Morgan fingerprint density at radius 2 is 1.60 bits per heavy atom. The van der Waals surface area contributed by atoms with Crippen LogP contribution < -0.4 is 9.47 Å². The van der Waals surface area contributed by atoms with Gasteiger partial charge >= 0.3 is 0 Å². The number of nitrogens with zero attached hydrogens (tertiary/aromatic N) is 2. The van der Waals surface area contributed by atoms with Gasteiger partial charge in [0.1, 0.15) is 23.0 Å². The highest BCUT2D eigenvalue weighted by atomic mass is 35.5. The SMILES string of the molecule is COc1ccc(OC2CCN(C(C)(C)CCC(C#N)(c3ccccc3)c3ccccc3)C2)cc1Cl. The number of halogens is 1. The first-order chi connectivity index (χ1) is 16.9. The highest BCUT2D eigenvalue weighted by Crippen LogP contribution is 2.40. The Bertz CT molecular complexity index is 1120. The van der Waals surface area contributed by atoms with Crippen molar-refractivity contribution in [1.29, 1.82) is 5.26 Å². The molecule has 1 atom stereocenters. The molecule has 3 aromatic rings. The second kappa shape index (κ2) is 10.7. The maximum absolute atomic E-state index is 10.5. The first-order valence-electron chi connectivity index (χ1n) is 12.2. The van der Waals surface area contributed by atoms with Gasteiger partial charge in [-0.05, 0) is 56.4 Å². The number of rotatable bonds is 9. The molecule has 182 valence electrons. The van der Waals surface area contributed by atoms with Crippen LogP contribution in [0.3, 0.4) is 0 Å². The molecule has 0 bridgehead atoms. The summed E-state index contributed by atoms with van der Waals surface area (Å²) in [5.74, 6) is 1.41. The molecule has 1 unspecified atom stereocenters. The molecular formula is C30H33ClN2O2. The Morgan fingerprint density at radius 3 is 2.14 bits per heavy atom. The van der Waals surface area contributed by atoms with Crippen LogP contribution in [0.15, 0.2) is 78.9 Å². The largest absolute Gasteiger partial charge is 0.495 e. The van der Waals surface area contributed by atoms with Crippen LogP contribution in [0.2, 0.25) is 5.02 Å². The van der Waals surface area contributed by atoms with Crippen molar-refractivity contribution in [2.24, 2.45) is 0 Å². The normalized spacial score (nSPS) is 16.6. The van der Waals surface area contributed by atoms with Gasteiger partial charge in [0.25, 0.3) is 0 Å². The maximum Gasteiger partial charge on any atom is 0.137 e. The Balaban J connectivity index is 1.47. The van der Waals surface area contributed by atoms with Crippen LogP contribution in [0.4, 0.5) is 0 Å². The summed E-state index contributed by atoms with van der Waals surface area (Å²) in [4.78, 5) is 2.49. The number of benzene rings is 3. The minimum atomic E-state index is -0.685. The number of hydrogen-bond donors (Lipinski definition) is 0. The second-order valence-electron chi connectivity index (χ2n) is 9.83. The van der Waals surface area contributed by atoms with Crippen molar-refractivity contribution in [1.82, 2.24) is 4.90 Å². The molecule has 1 fully saturated rings. The number of hydrogen-bond acceptors (Lipinski definition) is 4. The van der Waals surface area contributed by atoms with Crippen LogP contribution in [0, 0.1) is 11.3 Å². The zero-order valence-electron chi connectivity index (χ0n) is 20.7. The van der Waals surface area contributed by atoms with Crippen LogP contribution in [-0.4, -0.2) is 36.7 Å². The van der Waals surface area contributed by atoms with E-state index in [0.29, 0.717) is 10.8 Å². The van der Waals surface area contributed by atoms with E-state index in [-0.39, 0.29) is 11.6 Å². The van der Waals surface area contributed by atoms with E-state index in [1.807, 2.05) is 54.6 Å². The fraction of sp³-hybridized carbons (Fsp3) is 0.367. The molecule has 0 aliphatic carbocycles. The molecule has 1 saturated heterocycles. The Hall–Kier alpha value is -3.00. The van der Waals surface area contributed by atoms with Gasteiger partial charge in [0.05, 0.1) is 18.2 Å². The summed E-state index contributed by atoms with van der Waals surface area (Å²) < 4.78 is 11.5. The monoisotopic (exact) mass is 488 g/mol. The lowest BCUT2D eigenvalue weighted by atomic mass is 9.70. The van der Waals surface area contributed by atoms with Crippen LogP contribution >= 0.6 is 11.6 Å². The van der Waals surface area contributed by atoms with Crippen molar-refractivity contribution < 1.29 is 9.47 Å². The second-order valence-corrected chi connectivity index (χ2v) is 10.2. The quantitative estimate of drug-likeness (QED) is 0.329. The Morgan fingerprint density at radius 1 is 0.971 bits per heavy atom. The van der Waals surface area contributed by atoms with Gasteiger partial charge in [-0.3, -0.25) is 4.90 Å². The van der Waals surface area contributed by atoms with E-state index in [1.165, 1.54) is 0 Å². The molecule has 4 nitrogen and oxygen atoms in total. The smallest absolute Gasteiger partial charge is 0.137 e. The molecule has 0 saturated carbocycles. The minimum absolute atomic E-state index is 0.0820. The van der Waals surface area contributed by atoms with Crippen LogP contribution in [0.5, 0.6) is 11.5 Å². The van der Waals surface area contributed by atoms with Gasteiger partial charge in [-0.1, -0.05) is 72.3 Å². The predicted molar refractivity (Wildman–Crippen MR) is 141 cm³/mol. The van der Waals surface area contributed by atoms with Gasteiger partial charge in [0, 0.05) is 24.7 Å². The molecule has 1 heterocycles. The molecule has 3 aromatic carbocycles. The van der Waals surface area contributed by atoms with Gasteiger partial charge in [0.2, 0.25) is 0 Å². The Labute approximate surface area is 214 Å². The Kier molecular flexibility index (Phi) is 7.69. The molecule has 1 aliphatic heterocycles. The summed E-state index contributed by atoms with van der Waals surface area (Å²) >= 11 is 6.27. The van der Waals surface area contributed by atoms with Crippen LogP contribution in [-0.2, 0) is 5.41 Å². The van der Waals surface area contributed by atoms with E-state index < -0.39 is 5.41 Å². The lowest BCUT2D eigenvalue weighted by molar-refractivity contribution is 0.114. The molecule has 0 aromatic heterocycles. The molecule has 5 heteroatoms. The molecule has 4 rings (SSSR count). The first-order valence-corrected chi connectivity index (χ1v) is 12.5. The summed E-state index contributed by atoms with van der Waals surface area (Å²) in [6.07, 6.45) is 2.67. The summed E-state index contributed by atoms with van der Waals surface area (Å²) in [6, 6.07) is 28.6. The summed E-state index contributed by atoms with van der Waals surface area (Å²) in [7, 11) is 1.61. The van der Waals surface area contributed by atoms with Gasteiger partial charge < -0.3 is 9.47 Å². The number of likely N-dealkylation sites (tertiary alicyclic amines) is 1. The van der Waals surface area contributed by atoms with Crippen molar-refractivity contribution in [2.75, 3.05) is 20.2 Å². The average Bonchev–Trinajstić information content (AvgIpc) is 3.36. The maximum atomic E-state index is 10.5. The predicted octanol–water partition coefficient (Wildman–Crippen LogP) is 6.87. The third-order valence-corrected chi connectivity index (χ3v) is 7.56. The van der Waals surface area contributed by atoms with Crippen molar-refractivity contribution >= 4 is 11.6 Å². The molecular weight excluding hydrogens is 456 g/mol. The van der Waals surface area contributed by atoms with Crippen LogP contribution in [0.1, 0.15) is 44.2 Å². The zero-order chi connectivity index (χ0) is 24.9. The third kappa shape index (κ3) is 5.48. The molecule has 0 spiro atoms. The number of ether oxygens (including phenoxy) is 2. The van der Waals surface area contributed by atoms with E-state index in [0.717, 1.165) is 49.2 Å². The molecule has 35 heavy (non-hydrogen) atoms. The molecule has 1 aliphatic rings. The fourth-order valence-corrected chi connectivity index (χ4v) is 5.27. The van der Waals surface area contributed by atoms with Crippen LogP contribution in [0.25, 0.3) is 0 Å². The highest BCUT2D eigenvalue weighted by Gasteiger charge is 2.40. The number of methoxy groups -OCH3 is 1. The van der Waals surface area contributed by atoms with Crippen molar-refractivity contribution in [3.05, 3.63) is 95.0 Å². The lowest BCUT2D eigenvalue weighted by Crippen LogP contribution is -2.44. The summed E-state index contributed by atoms with van der Waals surface area (Å²) in [5.41, 5.74) is 1.32. The third-order valence-electron chi connectivity index (χ3n) is 7.26. The fourth-order valence-electron chi connectivity index (χ4n) is 5.02. The average molecular weight is 489 g/mol. The first kappa shape index (κ1) is 25.1. The standard InChI is InChI=1S/C30H33ClN2O2/c1-29(2,33-19-16-26(21-33)35-25-14-15-28(34-3)27(31)20-25)17-18-30(22-32,23-10-6-4-7-11-23)24-12-8-5-9-13-24/h4-15,20,26H,16-19,21H2,1-3H3. The molecule has 0 radical (unpaired) electrons. The van der Waals surface area contributed by atoms with Gasteiger partial charge in [0.15, 0.2) is 0 Å². The number of nitriles is 1. The van der Waals surface area contributed by atoms with Crippen molar-refractivity contribution in [3.8, 4) is 17.6 Å². The van der Waals surface area contributed by atoms with Gasteiger partial charge in [-0.25, -0.2) is 0 Å². The highest BCUT2D eigenvalue weighted by molar-refractivity contribution is 6.32. The zero-order valence-corrected chi connectivity index (χ0v) is 21.5. The summed E-state index contributed by atoms with van der Waals surface area (Å²) in [5, 5.41) is 11.1. The minimum Gasteiger partial charge on any atom is -0.495 e. The van der Waals surface area contributed by atoms with E-state index >= 15 is 0 Å². The van der Waals surface area contributed by atoms with E-state index in [1.54, 1.807) is 7.11 Å². The topological polar surface area (TPSA) is 45.5 Å². The summed E-state index contributed by atoms with van der Waals surface area (Å²) in [6.45, 7) is 6.35. The van der Waals surface area contributed by atoms with E-state index in [9.17, 15) is 5.26 Å². The van der Waals surface area contributed by atoms with E-state index in [4.69, 9.17) is 21.1 Å². The van der Waals surface area contributed by atoms with Crippen molar-refractivity contribution in [2.45, 2.75) is 50.2 Å². The molecule has 0 N–H and O–H groups in total.